The summed E-state index contributed by atoms with van der Waals surface area (Å²) < 4.78 is 26.9. The summed E-state index contributed by atoms with van der Waals surface area (Å²) in [6, 6.07) is 8.40. The van der Waals surface area contributed by atoms with Crippen LogP contribution in [0.3, 0.4) is 0 Å². The molecule has 3 aromatic rings. The first-order chi connectivity index (χ1) is 12.6. The van der Waals surface area contributed by atoms with Crippen LogP contribution in [0.25, 0.3) is 11.1 Å². The van der Waals surface area contributed by atoms with Crippen molar-refractivity contribution in [2.75, 3.05) is 13.1 Å². The van der Waals surface area contributed by atoms with E-state index in [1.165, 1.54) is 21.9 Å². The molecule has 1 N–H and O–H groups in total. The number of H-pyrrole nitrogens is 1. The van der Waals surface area contributed by atoms with Crippen molar-refractivity contribution >= 4 is 11.3 Å². The van der Waals surface area contributed by atoms with Crippen LogP contribution in [0, 0.1) is 18.6 Å². The second-order valence-electron chi connectivity index (χ2n) is 6.91. The lowest BCUT2D eigenvalue weighted by Crippen LogP contribution is -2.34. The number of nitrogens with one attached hydrogen (secondary N) is 1. The summed E-state index contributed by atoms with van der Waals surface area (Å²) in [5.74, 6) is -1.34. The number of piperidine rings is 1. The second kappa shape index (κ2) is 7.29. The Bertz CT molecular complexity index is 902. The zero-order valence-electron chi connectivity index (χ0n) is 14.6. The van der Waals surface area contributed by atoms with Crippen molar-refractivity contribution < 1.29 is 8.78 Å². The van der Waals surface area contributed by atoms with Gasteiger partial charge in [-0.25, -0.2) is 8.78 Å². The number of thiophene rings is 1. The molecular weight excluding hydrogens is 352 g/mol. The third-order valence-corrected chi connectivity index (χ3v) is 5.97. The molecule has 1 atom stereocenters. The minimum absolute atomic E-state index is 0.315. The lowest BCUT2D eigenvalue weighted by Gasteiger charge is -2.32. The van der Waals surface area contributed by atoms with Crippen molar-refractivity contribution in [1.82, 2.24) is 15.1 Å². The van der Waals surface area contributed by atoms with Gasteiger partial charge < -0.3 is 0 Å². The molecule has 6 heteroatoms. The Hall–Kier alpha value is -2.05. The molecule has 0 amide bonds. The van der Waals surface area contributed by atoms with E-state index in [0.717, 1.165) is 43.7 Å². The molecule has 0 saturated carbocycles. The first-order valence-corrected chi connectivity index (χ1v) is 9.68. The molecule has 0 spiro atoms. The number of hydrogen-bond acceptors (Lipinski definition) is 3. The molecule has 0 radical (unpaired) electrons. The first kappa shape index (κ1) is 17.4. The number of halogens is 2. The fourth-order valence-electron chi connectivity index (χ4n) is 3.73. The summed E-state index contributed by atoms with van der Waals surface area (Å²) >= 11 is 1.84. The fourth-order valence-corrected chi connectivity index (χ4v) is 4.66. The molecule has 1 aliphatic rings. The molecule has 3 nitrogen and oxygen atoms in total. The summed E-state index contributed by atoms with van der Waals surface area (Å²) in [4.78, 5) is 5.19. The van der Waals surface area contributed by atoms with Crippen molar-refractivity contribution in [3.63, 3.8) is 0 Å². The average molecular weight is 373 g/mol. The molecular formula is C20H21F2N3S. The van der Waals surface area contributed by atoms with E-state index in [1.807, 2.05) is 11.3 Å². The highest BCUT2D eigenvalue weighted by molar-refractivity contribution is 7.11. The number of aromatic amines is 1. The Labute approximate surface area is 155 Å². The molecule has 2 aromatic heterocycles. The number of rotatable bonds is 4. The normalized spacial score (nSPS) is 18.3. The minimum atomic E-state index is -0.826. The van der Waals surface area contributed by atoms with E-state index in [4.69, 9.17) is 0 Å². The van der Waals surface area contributed by atoms with Crippen molar-refractivity contribution in [1.29, 1.82) is 0 Å². The Morgan fingerprint density at radius 3 is 2.88 bits per heavy atom. The molecule has 0 aliphatic carbocycles. The number of hydrogen-bond donors (Lipinski definition) is 1. The minimum Gasteiger partial charge on any atom is -0.298 e. The van der Waals surface area contributed by atoms with Gasteiger partial charge in [-0.2, -0.15) is 5.10 Å². The Balaban J connectivity index is 1.54. The predicted octanol–water partition coefficient (Wildman–Crippen LogP) is 5.10. The van der Waals surface area contributed by atoms with Gasteiger partial charge in [0.05, 0.1) is 6.20 Å². The van der Waals surface area contributed by atoms with E-state index < -0.39 is 11.6 Å². The lowest BCUT2D eigenvalue weighted by molar-refractivity contribution is 0.200. The molecule has 4 rings (SSSR count). The summed E-state index contributed by atoms with van der Waals surface area (Å²) in [5, 5.41) is 7.29. The molecule has 1 aliphatic heterocycles. The highest BCUT2D eigenvalue weighted by atomic mass is 32.1. The molecule has 0 bridgehead atoms. The molecule has 1 fully saturated rings. The van der Waals surface area contributed by atoms with Crippen LogP contribution in [0.1, 0.15) is 34.2 Å². The number of benzene rings is 1. The summed E-state index contributed by atoms with van der Waals surface area (Å²) in [7, 11) is 0. The van der Waals surface area contributed by atoms with Crippen LogP contribution < -0.4 is 0 Å². The zero-order valence-corrected chi connectivity index (χ0v) is 15.5. The standard InChI is InChI=1S/C20H21F2N3S/c1-13-4-6-16(26-13)12-25-8-2-3-15(11-25)20-17(10-23-24-20)14-5-7-18(21)19(22)9-14/h4-7,9-10,15H,2-3,8,11-12H2,1H3,(H,23,24). The van der Waals surface area contributed by atoms with Crippen molar-refractivity contribution in [2.45, 2.75) is 32.2 Å². The quantitative estimate of drug-likeness (QED) is 0.690. The first-order valence-electron chi connectivity index (χ1n) is 8.86. The van der Waals surface area contributed by atoms with E-state index in [9.17, 15) is 8.78 Å². The number of aromatic nitrogens is 2. The van der Waals surface area contributed by atoms with Gasteiger partial charge in [0.2, 0.25) is 0 Å². The highest BCUT2D eigenvalue weighted by Crippen LogP contribution is 2.34. The van der Waals surface area contributed by atoms with Crippen LogP contribution in [0.15, 0.2) is 36.5 Å². The van der Waals surface area contributed by atoms with Gasteiger partial charge in [-0.15, -0.1) is 11.3 Å². The van der Waals surface area contributed by atoms with Gasteiger partial charge >= 0.3 is 0 Å². The van der Waals surface area contributed by atoms with E-state index in [-0.39, 0.29) is 0 Å². The van der Waals surface area contributed by atoms with Crippen LogP contribution >= 0.6 is 11.3 Å². The summed E-state index contributed by atoms with van der Waals surface area (Å²) in [6.45, 7) is 5.12. The van der Waals surface area contributed by atoms with Gasteiger partial charge in [0.1, 0.15) is 0 Å². The third-order valence-electron chi connectivity index (χ3n) is 4.99. The molecule has 26 heavy (non-hydrogen) atoms. The zero-order chi connectivity index (χ0) is 18.1. The molecule has 1 unspecified atom stereocenters. The summed E-state index contributed by atoms with van der Waals surface area (Å²) in [6.07, 6.45) is 3.90. The summed E-state index contributed by atoms with van der Waals surface area (Å²) in [5.41, 5.74) is 2.55. The topological polar surface area (TPSA) is 31.9 Å². The van der Waals surface area contributed by atoms with Crippen molar-refractivity contribution in [3.05, 3.63) is 63.6 Å². The number of likely N-dealkylation sites (tertiary alicyclic amines) is 1. The molecule has 3 heterocycles. The van der Waals surface area contributed by atoms with Crippen LogP contribution in [0.5, 0.6) is 0 Å². The largest absolute Gasteiger partial charge is 0.298 e. The third kappa shape index (κ3) is 3.57. The molecule has 1 saturated heterocycles. The van der Waals surface area contributed by atoms with E-state index >= 15 is 0 Å². The van der Waals surface area contributed by atoms with Crippen LogP contribution in [0.2, 0.25) is 0 Å². The Morgan fingerprint density at radius 2 is 2.12 bits per heavy atom. The van der Waals surface area contributed by atoms with Gasteiger partial charge in [-0.3, -0.25) is 10.00 Å². The predicted molar refractivity (Wildman–Crippen MR) is 100 cm³/mol. The van der Waals surface area contributed by atoms with E-state index in [1.54, 1.807) is 12.3 Å². The molecule has 136 valence electrons. The van der Waals surface area contributed by atoms with Gasteiger partial charge in [0.15, 0.2) is 11.6 Å². The highest BCUT2D eigenvalue weighted by Gasteiger charge is 2.25. The monoisotopic (exact) mass is 373 g/mol. The smallest absolute Gasteiger partial charge is 0.159 e. The van der Waals surface area contributed by atoms with E-state index in [2.05, 4.69) is 34.2 Å². The molecule has 1 aromatic carbocycles. The van der Waals surface area contributed by atoms with Crippen LogP contribution in [0.4, 0.5) is 8.78 Å². The maximum absolute atomic E-state index is 13.6. The van der Waals surface area contributed by atoms with E-state index in [0.29, 0.717) is 11.5 Å². The lowest BCUT2D eigenvalue weighted by atomic mass is 9.90. The number of aryl methyl sites for hydroxylation is 1. The maximum atomic E-state index is 13.6. The SMILES string of the molecule is Cc1ccc(CN2CCCC(c3[nH]ncc3-c3ccc(F)c(F)c3)C2)s1. The Kier molecular flexibility index (Phi) is 4.87. The number of nitrogens with zero attached hydrogens (tertiary/aromatic N) is 2. The second-order valence-corrected chi connectivity index (χ2v) is 8.29. The fraction of sp³-hybridized carbons (Fsp3) is 0.350. The van der Waals surface area contributed by atoms with Crippen molar-refractivity contribution in [2.24, 2.45) is 0 Å². The maximum Gasteiger partial charge on any atom is 0.159 e. The van der Waals surface area contributed by atoms with Gasteiger partial charge in [0, 0.05) is 40.0 Å². The van der Waals surface area contributed by atoms with Gasteiger partial charge in [-0.05, 0) is 56.1 Å². The van der Waals surface area contributed by atoms with Crippen LogP contribution in [-0.2, 0) is 6.54 Å². The van der Waals surface area contributed by atoms with Crippen LogP contribution in [-0.4, -0.2) is 28.2 Å². The van der Waals surface area contributed by atoms with Crippen molar-refractivity contribution in [3.8, 4) is 11.1 Å². The Morgan fingerprint density at radius 1 is 1.23 bits per heavy atom. The van der Waals surface area contributed by atoms with Gasteiger partial charge in [0.25, 0.3) is 0 Å². The average Bonchev–Trinajstić information content (AvgIpc) is 3.27. The van der Waals surface area contributed by atoms with Gasteiger partial charge in [-0.1, -0.05) is 6.07 Å².